The van der Waals surface area contributed by atoms with Crippen LogP contribution in [0.1, 0.15) is 13.3 Å². The molecule has 1 aromatic rings. The van der Waals surface area contributed by atoms with Crippen LogP contribution < -0.4 is 15.8 Å². The third-order valence-electron chi connectivity index (χ3n) is 2.47. The van der Waals surface area contributed by atoms with Crippen LogP contribution in [0.25, 0.3) is 0 Å². The molecule has 0 saturated heterocycles. The van der Waals surface area contributed by atoms with Gasteiger partial charge in [0.15, 0.2) is 6.10 Å². The van der Waals surface area contributed by atoms with Crippen LogP contribution in [0, 0.1) is 0 Å². The van der Waals surface area contributed by atoms with Crippen molar-refractivity contribution in [2.24, 2.45) is 0 Å². The van der Waals surface area contributed by atoms with Gasteiger partial charge >= 0.3 is 0 Å². The fraction of sp³-hybridized carbons (Fsp3) is 0.462. The summed E-state index contributed by atoms with van der Waals surface area (Å²) >= 11 is 5.85. The molecule has 1 unspecified atom stereocenters. The zero-order valence-electron chi connectivity index (χ0n) is 11.1. The van der Waals surface area contributed by atoms with Crippen LogP contribution in [0.15, 0.2) is 18.2 Å². The quantitative estimate of drug-likeness (QED) is 0.592. The van der Waals surface area contributed by atoms with Crippen molar-refractivity contribution in [3.63, 3.8) is 0 Å². The predicted molar refractivity (Wildman–Crippen MR) is 75.5 cm³/mol. The van der Waals surface area contributed by atoms with Crippen molar-refractivity contribution in [2.45, 2.75) is 19.4 Å². The number of hydrogen-bond acceptors (Lipinski definition) is 4. The number of anilines is 1. The van der Waals surface area contributed by atoms with Gasteiger partial charge in [0.05, 0.1) is 5.69 Å². The number of ether oxygens (including phenoxy) is 2. The molecule has 1 amide bonds. The van der Waals surface area contributed by atoms with Gasteiger partial charge in [0.25, 0.3) is 5.91 Å². The number of rotatable bonds is 7. The number of nitrogens with one attached hydrogen (secondary N) is 1. The standard InChI is InChI=1S/C13H19ClN2O3/c1-9(13(17)16-6-3-7-18-2)19-12-8-10(14)4-5-11(12)15/h4-5,8-9H,3,6-7,15H2,1-2H3,(H,16,17). The maximum absolute atomic E-state index is 11.8. The van der Waals surface area contributed by atoms with Crippen molar-refractivity contribution in [1.29, 1.82) is 0 Å². The molecule has 6 heteroatoms. The molecule has 1 atom stereocenters. The summed E-state index contributed by atoms with van der Waals surface area (Å²) in [4.78, 5) is 11.8. The molecular formula is C13H19ClN2O3. The summed E-state index contributed by atoms with van der Waals surface area (Å²) in [6.45, 7) is 2.81. The first-order valence-corrected chi connectivity index (χ1v) is 6.40. The Bertz CT molecular complexity index is 426. The highest BCUT2D eigenvalue weighted by Crippen LogP contribution is 2.26. The summed E-state index contributed by atoms with van der Waals surface area (Å²) in [6, 6.07) is 4.89. The number of methoxy groups -OCH3 is 1. The van der Waals surface area contributed by atoms with E-state index >= 15 is 0 Å². The van der Waals surface area contributed by atoms with Gasteiger partial charge in [0, 0.05) is 31.4 Å². The summed E-state index contributed by atoms with van der Waals surface area (Å²) in [6.07, 6.45) is 0.122. The number of benzene rings is 1. The van der Waals surface area contributed by atoms with Crippen LogP contribution in [-0.2, 0) is 9.53 Å². The third-order valence-corrected chi connectivity index (χ3v) is 2.71. The second kappa shape index (κ2) is 7.86. The SMILES string of the molecule is COCCCNC(=O)C(C)Oc1cc(Cl)ccc1N. The third kappa shape index (κ3) is 5.36. The topological polar surface area (TPSA) is 73.6 Å². The summed E-state index contributed by atoms with van der Waals surface area (Å²) < 4.78 is 10.4. The minimum absolute atomic E-state index is 0.199. The summed E-state index contributed by atoms with van der Waals surface area (Å²) in [5.74, 6) is 0.211. The van der Waals surface area contributed by atoms with Gasteiger partial charge in [-0.05, 0) is 25.5 Å². The number of nitrogen functional groups attached to an aromatic ring is 1. The van der Waals surface area contributed by atoms with Crippen molar-refractivity contribution in [3.05, 3.63) is 23.2 Å². The van der Waals surface area contributed by atoms with Crippen molar-refractivity contribution < 1.29 is 14.3 Å². The molecule has 3 N–H and O–H groups in total. The first-order chi connectivity index (χ1) is 9.04. The summed E-state index contributed by atoms with van der Waals surface area (Å²) in [7, 11) is 1.62. The number of carbonyl (C=O) groups excluding carboxylic acids is 1. The molecule has 0 bridgehead atoms. The lowest BCUT2D eigenvalue weighted by Crippen LogP contribution is -2.37. The smallest absolute Gasteiger partial charge is 0.260 e. The Hall–Kier alpha value is -1.46. The lowest BCUT2D eigenvalue weighted by atomic mass is 10.3. The number of amides is 1. The molecule has 106 valence electrons. The van der Waals surface area contributed by atoms with E-state index in [9.17, 15) is 4.79 Å². The largest absolute Gasteiger partial charge is 0.479 e. The molecular weight excluding hydrogens is 268 g/mol. The van der Waals surface area contributed by atoms with Crippen LogP contribution in [0.4, 0.5) is 5.69 Å². The Labute approximate surface area is 118 Å². The lowest BCUT2D eigenvalue weighted by molar-refractivity contribution is -0.127. The minimum atomic E-state index is -0.636. The zero-order valence-corrected chi connectivity index (χ0v) is 11.9. The molecule has 5 nitrogen and oxygen atoms in total. The maximum Gasteiger partial charge on any atom is 0.260 e. The lowest BCUT2D eigenvalue weighted by Gasteiger charge is -2.16. The molecule has 0 spiro atoms. The Balaban J connectivity index is 2.47. The Morgan fingerprint density at radius 1 is 1.53 bits per heavy atom. The Morgan fingerprint density at radius 2 is 2.26 bits per heavy atom. The van der Waals surface area contributed by atoms with E-state index in [1.54, 1.807) is 32.2 Å². The van der Waals surface area contributed by atoms with Crippen molar-refractivity contribution >= 4 is 23.2 Å². The van der Waals surface area contributed by atoms with E-state index in [0.29, 0.717) is 29.6 Å². The van der Waals surface area contributed by atoms with Crippen LogP contribution in [0.2, 0.25) is 5.02 Å². The van der Waals surface area contributed by atoms with Gasteiger partial charge in [-0.25, -0.2) is 0 Å². The molecule has 0 aliphatic rings. The second-order valence-corrected chi connectivity index (χ2v) is 4.52. The van der Waals surface area contributed by atoms with E-state index in [1.165, 1.54) is 0 Å². The first-order valence-electron chi connectivity index (χ1n) is 6.03. The van der Waals surface area contributed by atoms with Crippen LogP contribution in [-0.4, -0.2) is 32.3 Å². The normalized spacial score (nSPS) is 11.9. The average Bonchev–Trinajstić information content (AvgIpc) is 2.38. The molecule has 0 saturated carbocycles. The van der Waals surface area contributed by atoms with Gasteiger partial charge in [-0.2, -0.15) is 0 Å². The fourth-order valence-electron chi connectivity index (χ4n) is 1.43. The monoisotopic (exact) mass is 286 g/mol. The van der Waals surface area contributed by atoms with Gasteiger partial charge in [-0.1, -0.05) is 11.6 Å². The predicted octanol–water partition coefficient (Wildman–Crippen LogP) is 1.84. The molecule has 19 heavy (non-hydrogen) atoms. The van der Waals surface area contributed by atoms with Crippen molar-refractivity contribution in [2.75, 3.05) is 26.0 Å². The molecule has 0 radical (unpaired) electrons. The number of halogens is 1. The highest BCUT2D eigenvalue weighted by Gasteiger charge is 2.15. The van der Waals surface area contributed by atoms with Gasteiger partial charge in [-0.15, -0.1) is 0 Å². The Kier molecular flexibility index (Phi) is 6.45. The average molecular weight is 287 g/mol. The molecule has 0 aliphatic heterocycles. The zero-order chi connectivity index (χ0) is 14.3. The molecule has 0 aliphatic carbocycles. The van der Waals surface area contributed by atoms with Gasteiger partial charge in [0.1, 0.15) is 5.75 Å². The maximum atomic E-state index is 11.8. The molecule has 0 aromatic heterocycles. The van der Waals surface area contributed by atoms with Crippen LogP contribution in [0.5, 0.6) is 5.75 Å². The highest BCUT2D eigenvalue weighted by atomic mass is 35.5. The van der Waals surface area contributed by atoms with Gasteiger partial charge < -0.3 is 20.5 Å². The minimum Gasteiger partial charge on any atom is -0.479 e. The van der Waals surface area contributed by atoms with E-state index in [2.05, 4.69) is 5.32 Å². The van der Waals surface area contributed by atoms with Crippen LogP contribution in [0.3, 0.4) is 0 Å². The first kappa shape index (κ1) is 15.6. The van der Waals surface area contributed by atoms with E-state index in [4.69, 9.17) is 26.8 Å². The van der Waals surface area contributed by atoms with E-state index in [0.717, 1.165) is 6.42 Å². The highest BCUT2D eigenvalue weighted by molar-refractivity contribution is 6.30. The number of nitrogens with two attached hydrogens (primary N) is 1. The van der Waals surface area contributed by atoms with Gasteiger partial charge in [0.2, 0.25) is 0 Å². The Morgan fingerprint density at radius 3 is 2.95 bits per heavy atom. The van der Waals surface area contributed by atoms with Crippen LogP contribution >= 0.6 is 11.6 Å². The van der Waals surface area contributed by atoms with Gasteiger partial charge in [-0.3, -0.25) is 4.79 Å². The number of carbonyl (C=O) groups is 1. The van der Waals surface area contributed by atoms with Crippen molar-refractivity contribution in [1.82, 2.24) is 5.32 Å². The van der Waals surface area contributed by atoms with E-state index in [1.807, 2.05) is 0 Å². The number of hydrogen-bond donors (Lipinski definition) is 2. The molecule has 1 aromatic carbocycles. The molecule has 1 rings (SSSR count). The molecule has 0 fully saturated rings. The summed E-state index contributed by atoms with van der Waals surface area (Å²) in [5.41, 5.74) is 6.19. The second-order valence-electron chi connectivity index (χ2n) is 4.08. The van der Waals surface area contributed by atoms with Crippen molar-refractivity contribution in [3.8, 4) is 5.75 Å². The summed E-state index contributed by atoms with van der Waals surface area (Å²) in [5, 5.41) is 3.26. The molecule has 0 heterocycles. The fourth-order valence-corrected chi connectivity index (χ4v) is 1.59. The van der Waals surface area contributed by atoms with E-state index in [-0.39, 0.29) is 5.91 Å². The van der Waals surface area contributed by atoms with E-state index < -0.39 is 6.10 Å².